The van der Waals surface area contributed by atoms with Crippen LogP contribution in [-0.4, -0.2) is 52.9 Å². The first-order chi connectivity index (χ1) is 14.8. The standard InChI is InChI=1S/C20H22N4O6S/c25-18(14-15-9-11-21-12-10-15)22-23-20(28)24(13-5-4-8-17(24)19(26)27)31(29,30)16-6-2-1-3-7-16/h1-3,6-7,9-12,17H,4-5,8,13-14H2,(H2-,22,23,25,26,27,28)/p+1/t17-,24-/m0/s1. The fourth-order valence-corrected chi connectivity index (χ4v) is 5.76. The second kappa shape index (κ2) is 9.23. The van der Waals surface area contributed by atoms with Crippen LogP contribution >= 0.6 is 0 Å². The molecule has 1 aliphatic rings. The molecule has 0 aliphatic carbocycles. The number of amides is 3. The summed E-state index contributed by atoms with van der Waals surface area (Å²) in [5, 5.41) is 9.75. The molecule has 10 nitrogen and oxygen atoms in total. The first-order valence-corrected chi connectivity index (χ1v) is 11.1. The number of sulfonamides is 1. The summed E-state index contributed by atoms with van der Waals surface area (Å²) in [7, 11) is -4.44. The molecule has 1 aromatic heterocycles. The van der Waals surface area contributed by atoms with Gasteiger partial charge in [-0.1, -0.05) is 18.2 Å². The summed E-state index contributed by atoms with van der Waals surface area (Å²) in [6, 6.07) is 7.88. The number of benzene rings is 1. The summed E-state index contributed by atoms with van der Waals surface area (Å²) in [6.45, 7) is -0.222. The summed E-state index contributed by atoms with van der Waals surface area (Å²) in [5.74, 6) is -1.98. The van der Waals surface area contributed by atoms with Crippen molar-refractivity contribution in [2.45, 2.75) is 36.6 Å². The Hall–Kier alpha value is -3.31. The molecule has 0 bridgehead atoms. The Labute approximate surface area is 179 Å². The molecule has 1 aliphatic heterocycles. The van der Waals surface area contributed by atoms with Crippen molar-refractivity contribution in [3.63, 3.8) is 0 Å². The Kier molecular flexibility index (Phi) is 6.66. The summed E-state index contributed by atoms with van der Waals surface area (Å²) < 4.78 is 25.7. The SMILES string of the molecule is O=C(Cc1ccncc1)NNC(=O)[N@+]1(S(=O)(=O)c2ccccc2)CCCC[C@H]1C(=O)O. The summed E-state index contributed by atoms with van der Waals surface area (Å²) in [6.07, 6.45) is 3.78. The zero-order valence-electron chi connectivity index (χ0n) is 16.6. The Morgan fingerprint density at radius 2 is 1.71 bits per heavy atom. The average molecular weight is 447 g/mol. The van der Waals surface area contributed by atoms with Crippen molar-refractivity contribution in [3.05, 3.63) is 60.4 Å². The van der Waals surface area contributed by atoms with Crippen molar-refractivity contribution in [1.82, 2.24) is 15.8 Å². The maximum atomic E-state index is 13.5. The molecule has 0 spiro atoms. The number of carbonyl (C=O) groups is 3. The molecule has 164 valence electrons. The maximum absolute atomic E-state index is 13.5. The lowest BCUT2D eigenvalue weighted by Crippen LogP contribution is -2.70. The number of hydrogen-bond acceptors (Lipinski definition) is 6. The van der Waals surface area contributed by atoms with E-state index in [0.29, 0.717) is 18.4 Å². The number of likely N-dealkylation sites (tertiary alicyclic amines) is 1. The third kappa shape index (κ3) is 4.42. The number of nitrogens with zero attached hydrogens (tertiary/aromatic N) is 2. The lowest BCUT2D eigenvalue weighted by Gasteiger charge is -2.40. The highest BCUT2D eigenvalue weighted by Crippen LogP contribution is 2.35. The quantitative estimate of drug-likeness (QED) is 0.462. The summed E-state index contributed by atoms with van der Waals surface area (Å²) in [4.78, 5) is 41.1. The fourth-order valence-electron chi connectivity index (χ4n) is 3.72. The smallest absolute Gasteiger partial charge is 0.451 e. The van der Waals surface area contributed by atoms with Crippen LogP contribution in [0.25, 0.3) is 0 Å². The predicted molar refractivity (Wildman–Crippen MR) is 109 cm³/mol. The van der Waals surface area contributed by atoms with Crippen LogP contribution < -0.4 is 10.9 Å². The van der Waals surface area contributed by atoms with E-state index in [1.807, 2.05) is 0 Å². The molecule has 31 heavy (non-hydrogen) atoms. The predicted octanol–water partition coefficient (Wildman–Crippen LogP) is 1.21. The number of hydrazine groups is 1. The monoisotopic (exact) mass is 447 g/mol. The largest absolute Gasteiger partial charge is 0.477 e. The van der Waals surface area contributed by atoms with E-state index in [1.165, 1.54) is 36.7 Å². The number of pyridine rings is 1. The molecule has 1 fully saturated rings. The van der Waals surface area contributed by atoms with Gasteiger partial charge in [0.1, 0.15) is 11.4 Å². The van der Waals surface area contributed by atoms with Crippen LogP contribution in [0.5, 0.6) is 0 Å². The van der Waals surface area contributed by atoms with Crippen LogP contribution in [0.1, 0.15) is 24.8 Å². The van der Waals surface area contributed by atoms with Gasteiger partial charge in [0.2, 0.25) is 11.9 Å². The highest BCUT2D eigenvalue weighted by molar-refractivity contribution is 7.86. The van der Waals surface area contributed by atoms with Crippen LogP contribution in [0.2, 0.25) is 0 Å². The van der Waals surface area contributed by atoms with Crippen molar-refractivity contribution in [2.24, 2.45) is 0 Å². The number of rotatable bonds is 5. The number of hydrogen-bond donors (Lipinski definition) is 3. The Balaban J connectivity index is 1.90. The number of carboxylic acids is 1. The minimum Gasteiger partial charge on any atom is -0.477 e. The van der Waals surface area contributed by atoms with Crippen molar-refractivity contribution < 1.29 is 31.8 Å². The van der Waals surface area contributed by atoms with E-state index in [2.05, 4.69) is 15.8 Å². The van der Waals surface area contributed by atoms with Crippen LogP contribution in [0, 0.1) is 0 Å². The van der Waals surface area contributed by atoms with E-state index in [9.17, 15) is 27.9 Å². The number of urea groups is 1. The van der Waals surface area contributed by atoms with Gasteiger partial charge in [-0.05, 0) is 42.7 Å². The second-order valence-electron chi connectivity index (χ2n) is 7.17. The van der Waals surface area contributed by atoms with Gasteiger partial charge in [-0.3, -0.25) is 15.2 Å². The molecule has 0 radical (unpaired) electrons. The lowest BCUT2D eigenvalue weighted by atomic mass is 10.0. The van der Waals surface area contributed by atoms with Gasteiger partial charge in [0.25, 0.3) is 0 Å². The second-order valence-corrected chi connectivity index (χ2v) is 9.24. The Morgan fingerprint density at radius 3 is 2.35 bits per heavy atom. The molecule has 3 rings (SSSR count). The van der Waals surface area contributed by atoms with Gasteiger partial charge in [-0.15, -0.1) is 3.89 Å². The van der Waals surface area contributed by atoms with Gasteiger partial charge in [0.05, 0.1) is 6.42 Å². The molecular weight excluding hydrogens is 424 g/mol. The molecule has 1 saturated heterocycles. The summed E-state index contributed by atoms with van der Waals surface area (Å²) >= 11 is 0. The van der Waals surface area contributed by atoms with Crippen molar-refractivity contribution in [3.8, 4) is 0 Å². The maximum Gasteiger partial charge on any atom is 0.451 e. The van der Waals surface area contributed by atoms with E-state index in [1.54, 1.807) is 18.2 Å². The number of quaternary nitrogens is 1. The molecule has 3 N–H and O–H groups in total. The number of aromatic nitrogens is 1. The highest BCUT2D eigenvalue weighted by Gasteiger charge is 2.60. The summed E-state index contributed by atoms with van der Waals surface area (Å²) in [5.41, 5.74) is 5.00. The van der Waals surface area contributed by atoms with Crippen molar-refractivity contribution in [1.29, 1.82) is 0 Å². The van der Waals surface area contributed by atoms with Gasteiger partial charge in [0.15, 0.2) is 0 Å². The van der Waals surface area contributed by atoms with Crippen LogP contribution in [-0.2, 0) is 26.0 Å². The van der Waals surface area contributed by atoms with E-state index in [4.69, 9.17) is 0 Å². The van der Waals surface area contributed by atoms with Crippen LogP contribution in [0.4, 0.5) is 4.79 Å². The first-order valence-electron chi connectivity index (χ1n) is 9.68. The molecule has 2 heterocycles. The zero-order chi connectivity index (χ0) is 22.5. The van der Waals surface area contributed by atoms with Gasteiger partial charge in [0, 0.05) is 18.8 Å². The van der Waals surface area contributed by atoms with E-state index in [0.717, 1.165) is 0 Å². The number of carboxylic acid groups (broad SMARTS) is 1. The van der Waals surface area contributed by atoms with Crippen molar-refractivity contribution >= 4 is 27.9 Å². The van der Waals surface area contributed by atoms with Crippen molar-refractivity contribution in [2.75, 3.05) is 6.54 Å². The molecule has 2 atom stereocenters. The van der Waals surface area contributed by atoms with E-state index >= 15 is 0 Å². The number of nitrogens with one attached hydrogen (secondary N) is 2. The van der Waals surface area contributed by atoms with Gasteiger partial charge >= 0.3 is 22.0 Å². The highest BCUT2D eigenvalue weighted by atomic mass is 32.2. The molecule has 3 amide bonds. The Morgan fingerprint density at radius 1 is 1.03 bits per heavy atom. The van der Waals surface area contributed by atoms with Gasteiger partial charge in [-0.2, -0.15) is 8.42 Å². The minimum atomic E-state index is -4.44. The third-order valence-electron chi connectivity index (χ3n) is 5.24. The fraction of sp³-hybridized carbons (Fsp3) is 0.300. The molecule has 2 aromatic rings. The minimum absolute atomic E-state index is 0.0137. The zero-order valence-corrected chi connectivity index (χ0v) is 17.4. The first kappa shape index (κ1) is 22.4. The Bertz CT molecular complexity index is 1060. The molecule has 11 heteroatoms. The topological polar surface area (TPSA) is 143 Å². The number of carbonyl (C=O) groups excluding carboxylic acids is 2. The lowest BCUT2D eigenvalue weighted by molar-refractivity contribution is -0.749. The molecule has 0 saturated carbocycles. The molecule has 0 unspecified atom stereocenters. The molecular formula is C20H23N4O6S+. The van der Waals surface area contributed by atoms with Crippen LogP contribution in [0.15, 0.2) is 59.8 Å². The normalized spacial score (nSPS) is 21.1. The number of piperidine rings is 1. The number of aliphatic carboxylic acids is 1. The van der Waals surface area contributed by atoms with Crippen LogP contribution in [0.3, 0.4) is 0 Å². The average Bonchev–Trinajstić information content (AvgIpc) is 2.78. The van der Waals surface area contributed by atoms with Gasteiger partial charge in [-0.25, -0.2) is 15.0 Å². The van der Waals surface area contributed by atoms with E-state index < -0.39 is 37.9 Å². The third-order valence-corrected chi connectivity index (χ3v) is 7.57. The van der Waals surface area contributed by atoms with Gasteiger partial charge < -0.3 is 5.11 Å². The molecule has 1 aromatic carbocycles. The van der Waals surface area contributed by atoms with E-state index in [-0.39, 0.29) is 24.3 Å².